The number of nitrogens with zero attached hydrogens (tertiary/aromatic N) is 1. The van der Waals surface area contributed by atoms with Crippen molar-refractivity contribution < 1.29 is 32.9 Å². The van der Waals surface area contributed by atoms with Gasteiger partial charge in [-0.15, -0.1) is 0 Å². The second kappa shape index (κ2) is 7.59. The molecule has 2 aromatic carbocycles. The Kier molecular flexibility index (Phi) is 5.23. The maximum absolute atomic E-state index is 13.9. The van der Waals surface area contributed by atoms with E-state index in [9.17, 15) is 28.2 Å². The molecule has 1 atom stereocenters. The number of halogens is 3. The third-order valence-electron chi connectivity index (χ3n) is 5.99. The Morgan fingerprint density at radius 1 is 1.10 bits per heavy atom. The van der Waals surface area contributed by atoms with E-state index in [2.05, 4.69) is 0 Å². The van der Waals surface area contributed by atoms with Gasteiger partial charge in [0.25, 0.3) is 5.91 Å². The van der Waals surface area contributed by atoms with Crippen molar-refractivity contribution in [1.29, 1.82) is 0 Å². The van der Waals surface area contributed by atoms with Crippen LogP contribution in [0, 0.1) is 5.92 Å². The van der Waals surface area contributed by atoms with Gasteiger partial charge in [-0.25, -0.2) is 0 Å². The molecule has 8 heteroatoms. The molecule has 1 saturated heterocycles. The lowest BCUT2D eigenvalue weighted by Crippen LogP contribution is -2.42. The largest absolute Gasteiger partial charge is 0.484 e. The van der Waals surface area contributed by atoms with Crippen molar-refractivity contribution in [2.75, 3.05) is 26.3 Å². The van der Waals surface area contributed by atoms with E-state index in [1.807, 2.05) is 0 Å². The lowest BCUT2D eigenvalue weighted by atomic mass is 9.91. The molecule has 0 aromatic heterocycles. The first-order valence-electron chi connectivity index (χ1n) is 9.80. The number of hydrogen-bond donors (Lipinski definition) is 2. The minimum atomic E-state index is -4.92. The van der Waals surface area contributed by atoms with Gasteiger partial charge in [0.2, 0.25) is 5.60 Å². The lowest BCUT2D eigenvalue weighted by molar-refractivity contribution is -0.246. The van der Waals surface area contributed by atoms with Crippen LogP contribution >= 0.6 is 0 Å². The minimum Gasteiger partial charge on any atom is -0.484 e. The molecule has 1 heterocycles. The second-order valence-electron chi connectivity index (χ2n) is 7.76. The predicted molar refractivity (Wildman–Crippen MR) is 103 cm³/mol. The molecule has 0 radical (unpaired) electrons. The fourth-order valence-electron chi connectivity index (χ4n) is 4.23. The zero-order chi connectivity index (χ0) is 21.5. The van der Waals surface area contributed by atoms with Gasteiger partial charge in [0, 0.05) is 30.8 Å². The number of alkyl halides is 3. The monoisotopic (exact) mass is 421 g/mol. The van der Waals surface area contributed by atoms with Crippen LogP contribution in [-0.2, 0) is 10.4 Å². The van der Waals surface area contributed by atoms with E-state index in [4.69, 9.17) is 4.74 Å². The maximum atomic E-state index is 13.9. The molecule has 1 amide bonds. The predicted octanol–water partition coefficient (Wildman–Crippen LogP) is 3.07. The highest BCUT2D eigenvalue weighted by molar-refractivity contribution is 5.81. The molecule has 0 saturated carbocycles. The van der Waals surface area contributed by atoms with Crippen molar-refractivity contribution in [3.8, 4) is 16.9 Å². The van der Waals surface area contributed by atoms with Crippen molar-refractivity contribution in [2.24, 2.45) is 5.92 Å². The number of rotatable bonds is 4. The van der Waals surface area contributed by atoms with Crippen LogP contribution in [-0.4, -0.2) is 53.5 Å². The number of amides is 1. The molecule has 1 fully saturated rings. The summed E-state index contributed by atoms with van der Waals surface area (Å²) in [6.07, 6.45) is -3.50. The summed E-state index contributed by atoms with van der Waals surface area (Å²) in [6, 6.07) is 10.0. The van der Waals surface area contributed by atoms with E-state index < -0.39 is 11.8 Å². The molecule has 1 aliphatic carbocycles. The van der Waals surface area contributed by atoms with Gasteiger partial charge >= 0.3 is 6.18 Å². The van der Waals surface area contributed by atoms with Gasteiger partial charge in [0.1, 0.15) is 5.75 Å². The first kappa shape index (κ1) is 20.7. The zero-order valence-electron chi connectivity index (χ0n) is 16.2. The number of fused-ring (bicyclic) bond motifs is 3. The molecular formula is C22H22F3NO4. The first-order chi connectivity index (χ1) is 14.3. The Morgan fingerprint density at radius 2 is 1.77 bits per heavy atom. The van der Waals surface area contributed by atoms with Gasteiger partial charge in [-0.05, 0) is 42.0 Å². The van der Waals surface area contributed by atoms with E-state index in [0.717, 1.165) is 6.07 Å². The fourth-order valence-corrected chi connectivity index (χ4v) is 4.23. The van der Waals surface area contributed by atoms with Crippen LogP contribution in [0.15, 0.2) is 42.5 Å². The van der Waals surface area contributed by atoms with Crippen molar-refractivity contribution in [3.63, 3.8) is 0 Å². The molecule has 2 aliphatic rings. The Balaban J connectivity index is 1.54. The van der Waals surface area contributed by atoms with Crippen LogP contribution in [0.4, 0.5) is 13.2 Å². The number of likely N-dealkylation sites (tertiary alicyclic amines) is 1. The summed E-state index contributed by atoms with van der Waals surface area (Å²) in [5.41, 5.74) is -3.04. The van der Waals surface area contributed by atoms with Crippen LogP contribution in [0.2, 0.25) is 0 Å². The highest BCUT2D eigenvalue weighted by atomic mass is 19.4. The average molecular weight is 421 g/mol. The standard InChI is InChI=1S/C22H22F3NO4/c23-22(24,25)21(29)18-4-2-1-3-16(18)17-6-5-15(11-19(17)21)30-13-20(28)26-9-7-14(12-27)8-10-26/h1-6,11,14,27,29H,7-10,12-13H2. The van der Waals surface area contributed by atoms with Crippen molar-refractivity contribution in [1.82, 2.24) is 4.90 Å². The van der Waals surface area contributed by atoms with E-state index >= 15 is 0 Å². The summed E-state index contributed by atoms with van der Waals surface area (Å²) < 4.78 is 47.1. The summed E-state index contributed by atoms with van der Waals surface area (Å²) in [7, 11) is 0. The van der Waals surface area contributed by atoms with Gasteiger partial charge in [-0.2, -0.15) is 13.2 Å². The van der Waals surface area contributed by atoms with Gasteiger partial charge < -0.3 is 19.8 Å². The van der Waals surface area contributed by atoms with E-state index in [1.165, 1.54) is 30.3 Å². The van der Waals surface area contributed by atoms with Gasteiger partial charge in [0.05, 0.1) is 0 Å². The molecule has 2 aromatic rings. The van der Waals surface area contributed by atoms with Crippen LogP contribution in [0.5, 0.6) is 5.75 Å². The lowest BCUT2D eigenvalue weighted by Gasteiger charge is -2.31. The molecule has 0 bridgehead atoms. The molecule has 160 valence electrons. The first-order valence-corrected chi connectivity index (χ1v) is 9.80. The smallest absolute Gasteiger partial charge is 0.425 e. The van der Waals surface area contributed by atoms with Gasteiger partial charge in [0.15, 0.2) is 6.61 Å². The van der Waals surface area contributed by atoms with Crippen LogP contribution in [0.25, 0.3) is 11.1 Å². The Hall–Kier alpha value is -2.58. The number of aliphatic hydroxyl groups excluding tert-OH is 1. The summed E-state index contributed by atoms with van der Waals surface area (Å²) in [5, 5.41) is 19.9. The average Bonchev–Trinajstić information content (AvgIpc) is 3.01. The highest BCUT2D eigenvalue weighted by Crippen LogP contribution is 2.55. The minimum absolute atomic E-state index is 0.0859. The topological polar surface area (TPSA) is 70.0 Å². The van der Waals surface area contributed by atoms with E-state index in [1.54, 1.807) is 11.0 Å². The Morgan fingerprint density at radius 3 is 2.43 bits per heavy atom. The van der Waals surface area contributed by atoms with Crippen LogP contribution in [0.1, 0.15) is 24.0 Å². The number of hydrogen-bond acceptors (Lipinski definition) is 4. The Labute approximate surface area is 171 Å². The second-order valence-corrected chi connectivity index (χ2v) is 7.76. The zero-order valence-corrected chi connectivity index (χ0v) is 16.2. The van der Waals surface area contributed by atoms with Crippen molar-refractivity contribution in [3.05, 3.63) is 53.6 Å². The van der Waals surface area contributed by atoms with E-state index in [0.29, 0.717) is 31.5 Å². The maximum Gasteiger partial charge on any atom is 0.425 e. The molecule has 5 nitrogen and oxygen atoms in total. The quantitative estimate of drug-likeness (QED) is 0.796. The SMILES string of the molecule is O=C(COc1ccc2c(c1)C(O)(C(F)(F)F)c1ccccc1-2)N1CCC(CO)CC1. The number of ether oxygens (including phenoxy) is 1. The molecule has 4 rings (SSSR count). The molecule has 1 aliphatic heterocycles. The number of carbonyl (C=O) groups excluding carboxylic acids is 1. The summed E-state index contributed by atoms with van der Waals surface area (Å²) in [6.45, 7) is 0.819. The Bertz CT molecular complexity index is 954. The molecular weight excluding hydrogens is 399 g/mol. The third kappa shape index (κ3) is 3.33. The number of benzene rings is 2. The molecule has 0 spiro atoms. The molecule has 2 N–H and O–H groups in total. The summed E-state index contributed by atoms with van der Waals surface area (Å²) in [5.74, 6) is 0.0115. The molecule has 1 unspecified atom stereocenters. The fraction of sp³-hybridized carbons (Fsp3) is 0.409. The number of carbonyl (C=O) groups is 1. The number of aliphatic hydroxyl groups is 2. The molecule has 30 heavy (non-hydrogen) atoms. The van der Waals surface area contributed by atoms with Gasteiger partial charge in [-0.1, -0.05) is 30.3 Å². The van der Waals surface area contributed by atoms with Crippen LogP contribution in [0.3, 0.4) is 0 Å². The summed E-state index contributed by atoms with van der Waals surface area (Å²) >= 11 is 0. The number of piperidine rings is 1. The summed E-state index contributed by atoms with van der Waals surface area (Å²) in [4.78, 5) is 14.0. The van der Waals surface area contributed by atoms with Crippen molar-refractivity contribution >= 4 is 5.91 Å². The third-order valence-corrected chi connectivity index (χ3v) is 5.99. The van der Waals surface area contributed by atoms with Gasteiger partial charge in [-0.3, -0.25) is 4.79 Å². The normalized spacial score (nSPS) is 21.3. The van der Waals surface area contributed by atoms with Crippen LogP contribution < -0.4 is 4.74 Å². The highest BCUT2D eigenvalue weighted by Gasteiger charge is 2.60. The van der Waals surface area contributed by atoms with Crippen molar-refractivity contribution in [2.45, 2.75) is 24.6 Å². The van der Waals surface area contributed by atoms with E-state index in [-0.39, 0.29) is 47.5 Å².